The van der Waals surface area contributed by atoms with Crippen molar-refractivity contribution in [2.75, 3.05) is 39.9 Å². The Morgan fingerprint density at radius 3 is 2.22 bits per heavy atom. The molecule has 27 heavy (non-hydrogen) atoms. The second-order valence-corrected chi connectivity index (χ2v) is 6.10. The normalized spacial score (nSPS) is 15.7. The summed E-state index contributed by atoms with van der Waals surface area (Å²) in [6.45, 7) is 0.386. The van der Waals surface area contributed by atoms with Crippen molar-refractivity contribution in [3.05, 3.63) is 41.5 Å². The lowest BCUT2D eigenvalue weighted by atomic mass is 9.97. The van der Waals surface area contributed by atoms with Gasteiger partial charge in [0.25, 0.3) is 5.91 Å². The van der Waals surface area contributed by atoms with Crippen molar-refractivity contribution in [3.63, 3.8) is 0 Å². The van der Waals surface area contributed by atoms with E-state index in [1.54, 1.807) is 42.3 Å². The summed E-state index contributed by atoms with van der Waals surface area (Å²) < 4.78 is 21.3. The molecule has 1 aliphatic rings. The predicted molar refractivity (Wildman–Crippen MR) is 100 cm³/mol. The number of rotatable bonds is 5. The van der Waals surface area contributed by atoms with Gasteiger partial charge in [-0.25, -0.2) is 0 Å². The Hall–Kier alpha value is -2.93. The highest BCUT2D eigenvalue weighted by molar-refractivity contribution is 6.07. The number of carbonyl (C=O) groups is 1. The Balaban J connectivity index is 2.06. The average Bonchev–Trinajstić information content (AvgIpc) is 2.71. The van der Waals surface area contributed by atoms with E-state index in [2.05, 4.69) is 0 Å². The van der Waals surface area contributed by atoms with Crippen molar-refractivity contribution < 1.29 is 28.8 Å². The van der Waals surface area contributed by atoms with Crippen LogP contribution in [-0.2, 0) is 0 Å². The Morgan fingerprint density at radius 1 is 1.00 bits per heavy atom. The molecule has 1 aliphatic heterocycles. The third kappa shape index (κ3) is 3.38. The van der Waals surface area contributed by atoms with E-state index in [1.165, 1.54) is 21.3 Å². The molecule has 0 radical (unpaired) electrons. The molecule has 1 amide bonds. The van der Waals surface area contributed by atoms with Gasteiger partial charge in [-0.1, -0.05) is 6.07 Å². The van der Waals surface area contributed by atoms with E-state index >= 15 is 0 Å². The first-order valence-electron chi connectivity index (χ1n) is 8.51. The molecule has 1 heterocycles. The number of benzene rings is 2. The zero-order chi connectivity index (χ0) is 19.6. The van der Waals surface area contributed by atoms with Gasteiger partial charge < -0.3 is 29.0 Å². The molecule has 2 aromatic rings. The number of amides is 1. The molecule has 0 spiro atoms. The largest absolute Gasteiger partial charge is 0.497 e. The van der Waals surface area contributed by atoms with E-state index in [-0.39, 0.29) is 5.91 Å². The molecule has 1 N–H and O–H groups in total. The minimum Gasteiger partial charge on any atom is -0.497 e. The smallest absolute Gasteiger partial charge is 0.258 e. The Morgan fingerprint density at radius 2 is 1.67 bits per heavy atom. The fraction of sp³-hybridized carbons (Fsp3) is 0.350. The summed E-state index contributed by atoms with van der Waals surface area (Å²) in [5, 5.41) is 10.3. The lowest BCUT2D eigenvalue weighted by Crippen LogP contribution is -2.36. The van der Waals surface area contributed by atoms with Crippen LogP contribution in [0.3, 0.4) is 0 Å². The zero-order valence-electron chi connectivity index (χ0n) is 15.8. The maximum Gasteiger partial charge on any atom is 0.258 e. The number of carbonyl (C=O) groups excluding carboxylic acids is 1. The van der Waals surface area contributed by atoms with E-state index in [0.29, 0.717) is 52.8 Å². The molecule has 7 heteroatoms. The van der Waals surface area contributed by atoms with Crippen LogP contribution in [0.25, 0.3) is 0 Å². The van der Waals surface area contributed by atoms with Crippen molar-refractivity contribution >= 4 is 11.6 Å². The first-order chi connectivity index (χ1) is 13.0. The molecule has 1 atom stereocenters. The van der Waals surface area contributed by atoms with Crippen molar-refractivity contribution in [2.24, 2.45) is 0 Å². The molecule has 2 aromatic carbocycles. The second-order valence-electron chi connectivity index (χ2n) is 6.10. The first kappa shape index (κ1) is 18.8. The third-order valence-electron chi connectivity index (χ3n) is 4.67. The number of anilines is 1. The van der Waals surface area contributed by atoms with Gasteiger partial charge in [-0.2, -0.15) is 0 Å². The minimum atomic E-state index is -0.616. The molecule has 7 nitrogen and oxygen atoms in total. The molecule has 1 unspecified atom stereocenters. The number of hydrogen-bond donors (Lipinski definition) is 1. The number of aliphatic hydroxyl groups excluding tert-OH is 1. The lowest BCUT2D eigenvalue weighted by Gasteiger charge is -2.32. The summed E-state index contributed by atoms with van der Waals surface area (Å²) in [6.07, 6.45) is -0.162. The highest BCUT2D eigenvalue weighted by Gasteiger charge is 2.30. The quantitative estimate of drug-likeness (QED) is 0.868. The summed E-state index contributed by atoms with van der Waals surface area (Å²) in [5.74, 6) is 1.63. The van der Waals surface area contributed by atoms with E-state index < -0.39 is 6.10 Å². The van der Waals surface area contributed by atoms with Gasteiger partial charge in [-0.05, 0) is 24.6 Å². The van der Waals surface area contributed by atoms with Crippen LogP contribution < -0.4 is 23.8 Å². The van der Waals surface area contributed by atoms with Gasteiger partial charge in [-0.15, -0.1) is 0 Å². The van der Waals surface area contributed by atoms with Gasteiger partial charge in [0.2, 0.25) is 5.75 Å². The average molecular weight is 373 g/mol. The summed E-state index contributed by atoms with van der Waals surface area (Å²) >= 11 is 0. The van der Waals surface area contributed by atoms with Crippen LogP contribution in [0.1, 0.15) is 28.4 Å². The van der Waals surface area contributed by atoms with Crippen molar-refractivity contribution in [2.45, 2.75) is 12.5 Å². The maximum atomic E-state index is 13.3. The molecule has 0 aliphatic carbocycles. The number of aliphatic hydroxyl groups is 1. The molecule has 0 aromatic heterocycles. The number of methoxy groups -OCH3 is 4. The standard InChI is InChI=1S/C20H23NO6/c1-24-13-5-6-14-15(11-13)21(8-7-16(14)22)20(23)12-9-17(25-2)19(27-4)18(10-12)26-3/h5-6,9-11,16,22H,7-8H2,1-4H3. The molecule has 3 rings (SSSR count). The van der Waals surface area contributed by atoms with Gasteiger partial charge in [0.15, 0.2) is 11.5 Å². The van der Waals surface area contributed by atoms with Gasteiger partial charge in [0.05, 0.1) is 40.2 Å². The minimum absolute atomic E-state index is 0.226. The van der Waals surface area contributed by atoms with Crippen molar-refractivity contribution in [3.8, 4) is 23.0 Å². The molecule has 0 saturated carbocycles. The van der Waals surface area contributed by atoms with E-state index in [0.717, 1.165) is 0 Å². The number of nitrogens with zero attached hydrogens (tertiary/aromatic N) is 1. The van der Waals surface area contributed by atoms with Crippen LogP contribution in [0.2, 0.25) is 0 Å². The van der Waals surface area contributed by atoms with Crippen LogP contribution in [0.15, 0.2) is 30.3 Å². The van der Waals surface area contributed by atoms with E-state index in [4.69, 9.17) is 18.9 Å². The SMILES string of the molecule is COc1ccc2c(c1)N(C(=O)c1cc(OC)c(OC)c(OC)c1)CCC2O. The Bertz CT molecular complexity index is 825. The number of ether oxygens (including phenoxy) is 4. The number of hydrogen-bond acceptors (Lipinski definition) is 6. The fourth-order valence-corrected chi connectivity index (χ4v) is 3.26. The van der Waals surface area contributed by atoms with Gasteiger partial charge >= 0.3 is 0 Å². The van der Waals surface area contributed by atoms with E-state index in [1.807, 2.05) is 0 Å². The highest BCUT2D eigenvalue weighted by atomic mass is 16.5. The topological polar surface area (TPSA) is 77.5 Å². The molecular formula is C20H23NO6. The molecule has 0 bridgehead atoms. The Labute approximate surface area is 158 Å². The summed E-state index contributed by atoms with van der Waals surface area (Å²) in [4.78, 5) is 14.9. The second kappa shape index (κ2) is 7.75. The zero-order valence-corrected chi connectivity index (χ0v) is 15.8. The molecular weight excluding hydrogens is 350 g/mol. The Kier molecular flexibility index (Phi) is 5.41. The van der Waals surface area contributed by atoms with Gasteiger partial charge in [-0.3, -0.25) is 4.79 Å². The first-order valence-corrected chi connectivity index (χ1v) is 8.51. The van der Waals surface area contributed by atoms with Gasteiger partial charge in [0.1, 0.15) is 5.75 Å². The molecule has 144 valence electrons. The van der Waals surface area contributed by atoms with Crippen molar-refractivity contribution in [1.82, 2.24) is 0 Å². The van der Waals surface area contributed by atoms with Crippen molar-refractivity contribution in [1.29, 1.82) is 0 Å². The molecule has 0 saturated heterocycles. The summed E-state index contributed by atoms with van der Waals surface area (Å²) in [5.41, 5.74) is 1.73. The summed E-state index contributed by atoms with van der Waals surface area (Å²) in [7, 11) is 6.08. The van der Waals surface area contributed by atoms with Crippen LogP contribution in [-0.4, -0.2) is 46.0 Å². The third-order valence-corrected chi connectivity index (χ3v) is 4.67. The number of fused-ring (bicyclic) bond motifs is 1. The fourth-order valence-electron chi connectivity index (χ4n) is 3.26. The molecule has 0 fully saturated rings. The lowest BCUT2D eigenvalue weighted by molar-refractivity contribution is 0.0969. The van der Waals surface area contributed by atoms with Crippen LogP contribution in [0, 0.1) is 0 Å². The maximum absolute atomic E-state index is 13.3. The predicted octanol–water partition coefficient (Wildman–Crippen LogP) is 2.80. The van der Waals surface area contributed by atoms with Crippen LogP contribution in [0.4, 0.5) is 5.69 Å². The monoisotopic (exact) mass is 373 g/mol. The van der Waals surface area contributed by atoms with Crippen LogP contribution in [0.5, 0.6) is 23.0 Å². The highest BCUT2D eigenvalue weighted by Crippen LogP contribution is 2.41. The summed E-state index contributed by atoms with van der Waals surface area (Å²) in [6, 6.07) is 8.56. The van der Waals surface area contributed by atoms with E-state index in [9.17, 15) is 9.90 Å². The van der Waals surface area contributed by atoms with Gasteiger partial charge in [0, 0.05) is 23.7 Å². The van der Waals surface area contributed by atoms with Crippen LogP contribution >= 0.6 is 0 Å².